The van der Waals surface area contributed by atoms with Crippen LogP contribution in [0, 0.1) is 0 Å². The Morgan fingerprint density at radius 1 is 1.25 bits per heavy atom. The molecule has 0 amide bonds. The number of piperidine rings is 1. The molecule has 0 saturated carbocycles. The number of hydrogen-bond acceptors (Lipinski definition) is 4. The van der Waals surface area contributed by atoms with Crippen LogP contribution in [-0.4, -0.2) is 77.2 Å². The molecule has 0 aliphatic carbocycles. The normalized spacial score (nSPS) is 17.6. The highest BCUT2D eigenvalue weighted by molar-refractivity contribution is 5.79. The molecule has 1 heterocycles. The third kappa shape index (κ3) is 6.54. The second kappa shape index (κ2) is 10.9. The van der Waals surface area contributed by atoms with E-state index in [-0.39, 0.29) is 0 Å². The van der Waals surface area contributed by atoms with Crippen molar-refractivity contribution in [3.8, 4) is 0 Å². The van der Waals surface area contributed by atoms with Gasteiger partial charge in [-0.1, -0.05) is 0 Å². The average molecular weight is 287 g/mol. The molecule has 1 aliphatic heterocycles. The summed E-state index contributed by atoms with van der Waals surface area (Å²) in [5.74, 6) is 0.954. The summed E-state index contributed by atoms with van der Waals surface area (Å²) in [4.78, 5) is 6.61. The van der Waals surface area contributed by atoms with Gasteiger partial charge in [-0.3, -0.25) is 4.99 Å². The standard InChI is InChI=1S/C14H29N3O3/c1-4-20-13-5-8-17(9-6-13)14(15-2)16-7-10-19-12-11-18-3/h13H,4-12H2,1-3H3,(H,15,16). The lowest BCUT2D eigenvalue weighted by Crippen LogP contribution is -2.47. The maximum absolute atomic E-state index is 5.66. The monoisotopic (exact) mass is 287 g/mol. The van der Waals surface area contributed by atoms with E-state index in [2.05, 4.69) is 22.1 Å². The fourth-order valence-corrected chi connectivity index (χ4v) is 2.28. The maximum Gasteiger partial charge on any atom is 0.193 e. The molecule has 0 aromatic carbocycles. The van der Waals surface area contributed by atoms with Crippen molar-refractivity contribution in [2.24, 2.45) is 4.99 Å². The predicted octanol–water partition coefficient (Wildman–Crippen LogP) is 0.726. The van der Waals surface area contributed by atoms with Gasteiger partial charge in [-0.2, -0.15) is 0 Å². The molecule has 0 spiro atoms. The van der Waals surface area contributed by atoms with Crippen LogP contribution in [0.1, 0.15) is 19.8 Å². The van der Waals surface area contributed by atoms with Gasteiger partial charge in [0.25, 0.3) is 0 Å². The third-order valence-electron chi connectivity index (χ3n) is 3.32. The van der Waals surface area contributed by atoms with E-state index in [1.807, 2.05) is 7.05 Å². The molecule has 0 bridgehead atoms. The van der Waals surface area contributed by atoms with Crippen LogP contribution in [0.3, 0.4) is 0 Å². The van der Waals surface area contributed by atoms with E-state index in [0.717, 1.165) is 45.0 Å². The van der Waals surface area contributed by atoms with E-state index in [1.54, 1.807) is 7.11 Å². The highest BCUT2D eigenvalue weighted by atomic mass is 16.5. The largest absolute Gasteiger partial charge is 0.382 e. The topological polar surface area (TPSA) is 55.3 Å². The molecule has 0 aromatic heterocycles. The van der Waals surface area contributed by atoms with Gasteiger partial charge in [0.1, 0.15) is 0 Å². The molecule has 6 nitrogen and oxygen atoms in total. The number of rotatable bonds is 8. The second-order valence-corrected chi connectivity index (χ2v) is 4.72. The average Bonchev–Trinajstić information content (AvgIpc) is 2.48. The van der Waals surface area contributed by atoms with Crippen LogP contribution in [0.2, 0.25) is 0 Å². The molecule has 0 atom stereocenters. The van der Waals surface area contributed by atoms with Crippen molar-refractivity contribution in [1.82, 2.24) is 10.2 Å². The fraction of sp³-hybridized carbons (Fsp3) is 0.929. The molecule has 6 heteroatoms. The lowest BCUT2D eigenvalue weighted by Gasteiger charge is -2.34. The Labute approximate surface area is 122 Å². The summed E-state index contributed by atoms with van der Waals surface area (Å²) >= 11 is 0. The number of nitrogens with zero attached hydrogens (tertiary/aromatic N) is 2. The Bertz CT molecular complexity index is 266. The molecule has 0 unspecified atom stereocenters. The molecule has 1 aliphatic rings. The summed E-state index contributed by atoms with van der Waals surface area (Å²) in [6, 6.07) is 0. The molecule has 1 fully saturated rings. The molecule has 1 rings (SSSR count). The number of methoxy groups -OCH3 is 1. The Morgan fingerprint density at radius 3 is 2.60 bits per heavy atom. The minimum absolute atomic E-state index is 0.409. The molecule has 20 heavy (non-hydrogen) atoms. The Hall–Kier alpha value is -0.850. The SMILES string of the molecule is CCOC1CCN(C(=NC)NCCOCCOC)CC1. The summed E-state index contributed by atoms with van der Waals surface area (Å²) in [7, 11) is 3.50. The van der Waals surface area contributed by atoms with E-state index in [9.17, 15) is 0 Å². The number of ether oxygens (including phenoxy) is 3. The van der Waals surface area contributed by atoms with Gasteiger partial charge in [-0.25, -0.2) is 0 Å². The zero-order valence-electron chi connectivity index (χ0n) is 13.1. The van der Waals surface area contributed by atoms with Crippen LogP contribution in [-0.2, 0) is 14.2 Å². The van der Waals surface area contributed by atoms with Gasteiger partial charge in [-0.05, 0) is 19.8 Å². The van der Waals surface area contributed by atoms with E-state index < -0.39 is 0 Å². The molecule has 1 saturated heterocycles. The Morgan fingerprint density at radius 2 is 2.00 bits per heavy atom. The first-order chi connectivity index (χ1) is 9.81. The van der Waals surface area contributed by atoms with Gasteiger partial charge in [0.05, 0.1) is 25.9 Å². The van der Waals surface area contributed by atoms with Gasteiger partial charge < -0.3 is 24.4 Å². The summed E-state index contributed by atoms with van der Waals surface area (Å²) in [5.41, 5.74) is 0. The first-order valence-electron chi connectivity index (χ1n) is 7.45. The van der Waals surface area contributed by atoms with Crippen molar-refractivity contribution in [2.75, 3.05) is 60.2 Å². The van der Waals surface area contributed by atoms with Crippen LogP contribution in [0.5, 0.6) is 0 Å². The second-order valence-electron chi connectivity index (χ2n) is 4.72. The van der Waals surface area contributed by atoms with Crippen LogP contribution < -0.4 is 5.32 Å². The van der Waals surface area contributed by atoms with E-state index in [4.69, 9.17) is 14.2 Å². The van der Waals surface area contributed by atoms with Crippen LogP contribution in [0.15, 0.2) is 4.99 Å². The molecule has 1 N–H and O–H groups in total. The van der Waals surface area contributed by atoms with Crippen molar-refractivity contribution in [1.29, 1.82) is 0 Å². The minimum Gasteiger partial charge on any atom is -0.382 e. The van der Waals surface area contributed by atoms with E-state index in [1.165, 1.54) is 0 Å². The highest BCUT2D eigenvalue weighted by Crippen LogP contribution is 2.13. The zero-order chi connectivity index (χ0) is 14.6. The van der Waals surface area contributed by atoms with Gasteiger partial charge in [0.2, 0.25) is 0 Å². The summed E-state index contributed by atoms with van der Waals surface area (Å²) in [6.45, 7) is 7.55. The van der Waals surface area contributed by atoms with Crippen LogP contribution in [0.25, 0.3) is 0 Å². The van der Waals surface area contributed by atoms with Crippen molar-refractivity contribution >= 4 is 5.96 Å². The zero-order valence-corrected chi connectivity index (χ0v) is 13.1. The van der Waals surface area contributed by atoms with Crippen molar-refractivity contribution in [2.45, 2.75) is 25.9 Å². The lowest BCUT2D eigenvalue weighted by atomic mass is 10.1. The first-order valence-corrected chi connectivity index (χ1v) is 7.45. The van der Waals surface area contributed by atoms with E-state index in [0.29, 0.717) is 25.9 Å². The maximum atomic E-state index is 5.66. The number of aliphatic imine (C=N–C) groups is 1. The Kier molecular flexibility index (Phi) is 9.36. The lowest BCUT2D eigenvalue weighted by molar-refractivity contribution is 0.0262. The Balaban J connectivity index is 2.16. The number of hydrogen-bond donors (Lipinski definition) is 1. The van der Waals surface area contributed by atoms with Gasteiger partial charge >= 0.3 is 0 Å². The summed E-state index contributed by atoms with van der Waals surface area (Å²) in [6.07, 6.45) is 2.55. The van der Waals surface area contributed by atoms with Crippen LogP contribution >= 0.6 is 0 Å². The third-order valence-corrected chi connectivity index (χ3v) is 3.32. The van der Waals surface area contributed by atoms with Gasteiger partial charge in [0.15, 0.2) is 5.96 Å². The summed E-state index contributed by atoms with van der Waals surface area (Å²) in [5, 5.41) is 3.33. The molecule has 118 valence electrons. The van der Waals surface area contributed by atoms with Gasteiger partial charge in [-0.15, -0.1) is 0 Å². The smallest absolute Gasteiger partial charge is 0.193 e. The number of nitrogens with one attached hydrogen (secondary N) is 1. The minimum atomic E-state index is 0.409. The first kappa shape index (κ1) is 17.2. The highest BCUT2D eigenvalue weighted by Gasteiger charge is 2.21. The van der Waals surface area contributed by atoms with Crippen molar-refractivity contribution in [3.05, 3.63) is 0 Å². The van der Waals surface area contributed by atoms with Crippen molar-refractivity contribution < 1.29 is 14.2 Å². The number of likely N-dealkylation sites (tertiary alicyclic amines) is 1. The van der Waals surface area contributed by atoms with E-state index >= 15 is 0 Å². The summed E-state index contributed by atoms with van der Waals surface area (Å²) < 4.78 is 16.0. The van der Waals surface area contributed by atoms with Gasteiger partial charge in [0, 0.05) is 40.4 Å². The molecular formula is C14H29N3O3. The molecule has 0 radical (unpaired) electrons. The quantitative estimate of drug-likeness (QED) is 0.405. The van der Waals surface area contributed by atoms with Crippen molar-refractivity contribution in [3.63, 3.8) is 0 Å². The molecular weight excluding hydrogens is 258 g/mol. The number of guanidine groups is 1. The fourth-order valence-electron chi connectivity index (χ4n) is 2.28. The predicted molar refractivity (Wildman–Crippen MR) is 80.3 cm³/mol. The molecule has 0 aromatic rings. The van der Waals surface area contributed by atoms with Crippen LogP contribution in [0.4, 0.5) is 0 Å².